The fraction of sp³-hybridized carbons (Fsp3) is 0.250. The van der Waals surface area contributed by atoms with Crippen LogP contribution in [0.25, 0.3) is 5.70 Å². The number of allylic oxidation sites excluding steroid dienone is 2. The third-order valence-electron chi connectivity index (χ3n) is 2.80. The molecule has 0 radical (unpaired) electrons. The zero-order valence-corrected chi connectivity index (χ0v) is 10.3. The van der Waals surface area contributed by atoms with E-state index in [0.717, 1.165) is 16.8 Å². The molecule has 1 aliphatic heterocycles. The van der Waals surface area contributed by atoms with Gasteiger partial charge in [0.2, 0.25) is 0 Å². The van der Waals surface area contributed by atoms with Gasteiger partial charge in [-0.3, -0.25) is 15.4 Å². The number of aromatic nitrogens is 1. The molecule has 84 valence electrons. The fourth-order valence-electron chi connectivity index (χ4n) is 1.80. The Balaban J connectivity index is 2.55. The van der Waals surface area contributed by atoms with Gasteiger partial charge < -0.3 is 0 Å². The summed E-state index contributed by atoms with van der Waals surface area (Å²) >= 11 is 6.09. The van der Waals surface area contributed by atoms with Crippen LogP contribution in [0.2, 0.25) is 0 Å². The third-order valence-corrected chi connectivity index (χ3v) is 3.17. The van der Waals surface area contributed by atoms with Crippen LogP contribution in [-0.4, -0.2) is 17.0 Å². The first-order valence-electron chi connectivity index (χ1n) is 5.09. The quantitative estimate of drug-likeness (QED) is 0.759. The lowest BCUT2D eigenvalue weighted by Crippen LogP contribution is -2.35. The van der Waals surface area contributed by atoms with E-state index in [9.17, 15) is 0 Å². The van der Waals surface area contributed by atoms with Gasteiger partial charge in [0, 0.05) is 25.0 Å². The van der Waals surface area contributed by atoms with Crippen LogP contribution >= 0.6 is 11.6 Å². The van der Waals surface area contributed by atoms with E-state index >= 15 is 0 Å². The van der Waals surface area contributed by atoms with Crippen LogP contribution in [0.4, 0.5) is 0 Å². The van der Waals surface area contributed by atoms with Crippen molar-refractivity contribution in [1.82, 2.24) is 15.4 Å². The highest BCUT2D eigenvalue weighted by molar-refractivity contribution is 6.30. The number of pyridine rings is 1. The molecule has 1 aromatic rings. The second-order valence-corrected chi connectivity index (χ2v) is 4.20. The number of nitrogens with one attached hydrogen (secondary N) is 1. The summed E-state index contributed by atoms with van der Waals surface area (Å²) in [5.41, 5.74) is 7.62. The average molecular weight is 236 g/mol. The zero-order chi connectivity index (χ0) is 11.7. The molecular formula is C12H14ClN3. The van der Waals surface area contributed by atoms with Gasteiger partial charge in [0.15, 0.2) is 0 Å². The first-order valence-corrected chi connectivity index (χ1v) is 5.47. The van der Waals surface area contributed by atoms with Crippen LogP contribution in [-0.2, 0) is 0 Å². The molecule has 0 atom stereocenters. The molecule has 0 aromatic carbocycles. The Kier molecular flexibility index (Phi) is 2.88. The van der Waals surface area contributed by atoms with Gasteiger partial charge in [0.1, 0.15) is 5.16 Å². The molecule has 16 heavy (non-hydrogen) atoms. The zero-order valence-electron chi connectivity index (χ0n) is 9.58. The van der Waals surface area contributed by atoms with E-state index in [1.54, 1.807) is 12.4 Å². The predicted molar refractivity (Wildman–Crippen MR) is 66.3 cm³/mol. The minimum Gasteiger partial charge on any atom is -0.289 e. The number of halogens is 1. The highest BCUT2D eigenvalue weighted by Crippen LogP contribution is 2.30. The van der Waals surface area contributed by atoms with Gasteiger partial charge in [-0.05, 0) is 37.1 Å². The van der Waals surface area contributed by atoms with E-state index in [2.05, 4.69) is 17.3 Å². The molecule has 1 aromatic heterocycles. The Bertz CT molecular complexity index is 462. The summed E-state index contributed by atoms with van der Waals surface area (Å²) in [7, 11) is 1.95. The molecule has 0 saturated carbocycles. The van der Waals surface area contributed by atoms with Crippen molar-refractivity contribution >= 4 is 17.3 Å². The molecule has 3 nitrogen and oxygen atoms in total. The summed E-state index contributed by atoms with van der Waals surface area (Å²) in [6, 6.07) is 3.98. The van der Waals surface area contributed by atoms with Crippen molar-refractivity contribution in [2.24, 2.45) is 0 Å². The van der Waals surface area contributed by atoms with Gasteiger partial charge >= 0.3 is 0 Å². The Hall–Kier alpha value is -1.48. The molecule has 0 spiro atoms. The van der Waals surface area contributed by atoms with Gasteiger partial charge in [-0.25, -0.2) is 0 Å². The van der Waals surface area contributed by atoms with Gasteiger partial charge in [-0.15, -0.1) is 0 Å². The SMILES string of the molecule is CC1=C(Cl)NN(C)C(c2ccncc2)=C1C. The molecular weight excluding hydrogens is 222 g/mol. The number of hydrogen-bond donors (Lipinski definition) is 1. The first-order chi connectivity index (χ1) is 7.61. The maximum absolute atomic E-state index is 6.09. The molecule has 2 heterocycles. The van der Waals surface area contributed by atoms with E-state index in [0.29, 0.717) is 5.16 Å². The second kappa shape index (κ2) is 4.18. The Morgan fingerprint density at radius 3 is 2.44 bits per heavy atom. The van der Waals surface area contributed by atoms with E-state index in [4.69, 9.17) is 11.6 Å². The molecule has 0 amide bonds. The monoisotopic (exact) mass is 235 g/mol. The van der Waals surface area contributed by atoms with Crippen LogP contribution in [0.3, 0.4) is 0 Å². The third kappa shape index (κ3) is 1.78. The van der Waals surface area contributed by atoms with E-state index in [-0.39, 0.29) is 0 Å². The molecule has 0 saturated heterocycles. The summed E-state index contributed by atoms with van der Waals surface area (Å²) in [4.78, 5) is 4.02. The van der Waals surface area contributed by atoms with Crippen molar-refractivity contribution in [3.05, 3.63) is 46.4 Å². The number of hydrogen-bond acceptors (Lipinski definition) is 3. The summed E-state index contributed by atoms with van der Waals surface area (Å²) in [6.45, 7) is 4.09. The minimum absolute atomic E-state index is 0.679. The summed E-state index contributed by atoms with van der Waals surface area (Å²) in [5, 5.41) is 2.61. The Morgan fingerprint density at radius 2 is 1.81 bits per heavy atom. The van der Waals surface area contributed by atoms with Crippen LogP contribution < -0.4 is 5.43 Å². The molecule has 1 N–H and O–H groups in total. The fourth-order valence-corrected chi connectivity index (χ4v) is 2.07. The average Bonchev–Trinajstić information content (AvgIpc) is 2.28. The molecule has 4 heteroatoms. The van der Waals surface area contributed by atoms with Gasteiger partial charge in [0.25, 0.3) is 0 Å². The van der Waals surface area contributed by atoms with Crippen molar-refractivity contribution in [3.8, 4) is 0 Å². The van der Waals surface area contributed by atoms with Crippen LogP contribution in [0, 0.1) is 0 Å². The smallest absolute Gasteiger partial charge is 0.124 e. The van der Waals surface area contributed by atoms with Crippen molar-refractivity contribution in [1.29, 1.82) is 0 Å². The molecule has 0 aliphatic carbocycles. The van der Waals surface area contributed by atoms with Crippen LogP contribution in [0.5, 0.6) is 0 Å². The van der Waals surface area contributed by atoms with Gasteiger partial charge in [-0.2, -0.15) is 0 Å². The summed E-state index contributed by atoms with van der Waals surface area (Å²) < 4.78 is 0. The Morgan fingerprint density at radius 1 is 1.19 bits per heavy atom. The van der Waals surface area contributed by atoms with E-state index in [1.807, 2.05) is 31.1 Å². The highest BCUT2D eigenvalue weighted by Gasteiger charge is 2.19. The molecule has 1 aliphatic rings. The van der Waals surface area contributed by atoms with Crippen LogP contribution in [0.1, 0.15) is 19.4 Å². The standard InChI is InChI=1S/C12H14ClN3/c1-8-9(2)12(13)15-16(3)11(8)10-4-6-14-7-5-10/h4-7,15H,1-3H3. The molecule has 0 bridgehead atoms. The van der Waals surface area contributed by atoms with Crippen molar-refractivity contribution < 1.29 is 0 Å². The summed E-state index contributed by atoms with van der Waals surface area (Å²) in [5.74, 6) is 0. The van der Waals surface area contributed by atoms with Crippen LogP contribution in [0.15, 0.2) is 40.8 Å². The topological polar surface area (TPSA) is 28.2 Å². The maximum atomic E-state index is 6.09. The number of hydrazine groups is 1. The van der Waals surface area contributed by atoms with Gasteiger partial charge in [-0.1, -0.05) is 11.6 Å². The second-order valence-electron chi connectivity index (χ2n) is 3.82. The Labute approximate surface area is 100 Å². The maximum Gasteiger partial charge on any atom is 0.124 e. The summed E-state index contributed by atoms with van der Waals surface area (Å²) in [6.07, 6.45) is 3.58. The van der Waals surface area contributed by atoms with Gasteiger partial charge in [0.05, 0.1) is 5.70 Å². The van der Waals surface area contributed by atoms with Crippen molar-refractivity contribution in [2.75, 3.05) is 7.05 Å². The molecule has 0 fully saturated rings. The number of rotatable bonds is 1. The molecule has 0 unspecified atom stereocenters. The van der Waals surface area contributed by atoms with Crippen molar-refractivity contribution in [2.45, 2.75) is 13.8 Å². The van der Waals surface area contributed by atoms with E-state index in [1.165, 1.54) is 5.57 Å². The first kappa shape index (κ1) is 11.0. The molecule has 2 rings (SSSR count). The predicted octanol–water partition coefficient (Wildman–Crippen LogP) is 2.73. The number of nitrogens with zero attached hydrogens (tertiary/aromatic N) is 2. The largest absolute Gasteiger partial charge is 0.289 e. The lowest BCUT2D eigenvalue weighted by molar-refractivity contribution is 0.393. The lowest BCUT2D eigenvalue weighted by atomic mass is 10.0. The van der Waals surface area contributed by atoms with Crippen molar-refractivity contribution in [3.63, 3.8) is 0 Å². The normalized spacial score (nSPS) is 16.6. The highest BCUT2D eigenvalue weighted by atomic mass is 35.5. The lowest BCUT2D eigenvalue weighted by Gasteiger charge is -2.31. The van der Waals surface area contributed by atoms with E-state index < -0.39 is 0 Å². The minimum atomic E-state index is 0.679.